The summed E-state index contributed by atoms with van der Waals surface area (Å²) in [6, 6.07) is 14.3. The molecule has 0 radical (unpaired) electrons. The molecule has 1 aromatic heterocycles. The predicted molar refractivity (Wildman–Crippen MR) is 122 cm³/mol. The van der Waals surface area contributed by atoms with E-state index < -0.39 is 5.91 Å². The van der Waals surface area contributed by atoms with Crippen LogP contribution in [-0.2, 0) is 0 Å². The van der Waals surface area contributed by atoms with Crippen molar-refractivity contribution in [3.05, 3.63) is 71.4 Å². The second-order valence-electron chi connectivity index (χ2n) is 7.83. The van der Waals surface area contributed by atoms with Crippen LogP contribution >= 0.6 is 0 Å². The largest absolute Gasteiger partial charge is 0.393 e. The first-order valence-corrected chi connectivity index (χ1v) is 10.5. The van der Waals surface area contributed by atoms with Crippen molar-refractivity contribution in [2.45, 2.75) is 25.9 Å². The van der Waals surface area contributed by atoms with Crippen molar-refractivity contribution in [3.63, 3.8) is 0 Å². The number of carbonyl (C=O) groups is 2. The average Bonchev–Trinajstić information content (AvgIpc) is 2.80. The van der Waals surface area contributed by atoms with Gasteiger partial charge in [0, 0.05) is 41.7 Å². The number of nitrogens with two attached hydrogens (primary N) is 1. The molecule has 3 aromatic rings. The number of aliphatic hydroxyl groups is 1. The molecule has 0 bridgehead atoms. The number of likely N-dealkylation sites (tertiary alicyclic amines) is 1. The molecule has 1 aliphatic heterocycles. The molecule has 0 saturated carbocycles. The van der Waals surface area contributed by atoms with Gasteiger partial charge in [0.1, 0.15) is 0 Å². The third kappa shape index (κ3) is 4.60. The summed E-state index contributed by atoms with van der Waals surface area (Å²) in [6.45, 7) is 2.97. The number of piperidine rings is 1. The van der Waals surface area contributed by atoms with Crippen molar-refractivity contribution in [1.82, 2.24) is 14.9 Å². The van der Waals surface area contributed by atoms with Gasteiger partial charge in [0.15, 0.2) is 0 Å². The fourth-order valence-electron chi connectivity index (χ4n) is 3.83. The van der Waals surface area contributed by atoms with Crippen LogP contribution in [0.4, 0.5) is 11.6 Å². The van der Waals surface area contributed by atoms with Crippen molar-refractivity contribution >= 4 is 23.5 Å². The van der Waals surface area contributed by atoms with E-state index in [-0.39, 0.29) is 12.0 Å². The van der Waals surface area contributed by atoms with Gasteiger partial charge in [0.25, 0.3) is 5.91 Å². The number of rotatable bonds is 5. The molecule has 164 valence electrons. The van der Waals surface area contributed by atoms with Crippen molar-refractivity contribution < 1.29 is 14.7 Å². The summed E-state index contributed by atoms with van der Waals surface area (Å²) in [5.74, 6) is -0.117. The van der Waals surface area contributed by atoms with Crippen LogP contribution in [0.2, 0.25) is 0 Å². The Hall–Kier alpha value is -3.78. The Morgan fingerprint density at radius 2 is 1.81 bits per heavy atom. The zero-order valence-corrected chi connectivity index (χ0v) is 17.8. The van der Waals surface area contributed by atoms with Crippen LogP contribution in [-0.4, -0.2) is 51.0 Å². The molecule has 8 heteroatoms. The number of carbonyl (C=O) groups excluding carboxylic acids is 2. The number of nitrogens with zero attached hydrogens (tertiary/aromatic N) is 3. The van der Waals surface area contributed by atoms with Gasteiger partial charge < -0.3 is 21.1 Å². The van der Waals surface area contributed by atoms with Crippen molar-refractivity contribution in [1.29, 1.82) is 0 Å². The number of aliphatic hydroxyl groups excluding tert-OH is 1. The quantitative estimate of drug-likeness (QED) is 0.571. The normalized spacial score (nSPS) is 14.2. The van der Waals surface area contributed by atoms with Gasteiger partial charge in [-0.2, -0.15) is 0 Å². The number of hydrogen-bond acceptors (Lipinski definition) is 6. The van der Waals surface area contributed by atoms with Crippen LogP contribution < -0.4 is 11.1 Å². The Morgan fingerprint density at radius 3 is 2.50 bits per heavy atom. The van der Waals surface area contributed by atoms with Gasteiger partial charge in [-0.05, 0) is 61.7 Å². The summed E-state index contributed by atoms with van der Waals surface area (Å²) in [5.41, 5.74) is 9.49. The van der Waals surface area contributed by atoms with E-state index in [1.807, 2.05) is 13.0 Å². The Bertz CT molecular complexity index is 1140. The van der Waals surface area contributed by atoms with Gasteiger partial charge in [-0.3, -0.25) is 9.59 Å². The Kier molecular flexibility index (Phi) is 6.13. The smallest absolute Gasteiger partial charge is 0.253 e. The van der Waals surface area contributed by atoms with Gasteiger partial charge in [-0.25, -0.2) is 9.97 Å². The molecule has 2 heterocycles. The average molecular weight is 431 g/mol. The third-order valence-electron chi connectivity index (χ3n) is 5.67. The zero-order chi connectivity index (χ0) is 22.7. The molecule has 4 N–H and O–H groups in total. The number of amides is 2. The monoisotopic (exact) mass is 431 g/mol. The molecule has 32 heavy (non-hydrogen) atoms. The van der Waals surface area contributed by atoms with E-state index in [2.05, 4.69) is 15.3 Å². The molecule has 0 unspecified atom stereocenters. The fourth-order valence-corrected chi connectivity index (χ4v) is 3.83. The Labute approximate surface area is 186 Å². The van der Waals surface area contributed by atoms with Gasteiger partial charge in [0.05, 0.1) is 11.8 Å². The summed E-state index contributed by atoms with van der Waals surface area (Å²) in [6.07, 6.45) is 2.55. The molecule has 0 spiro atoms. The summed E-state index contributed by atoms with van der Waals surface area (Å²) in [5, 5.41) is 12.8. The molecule has 2 amide bonds. The maximum Gasteiger partial charge on any atom is 0.253 e. The highest BCUT2D eigenvalue weighted by molar-refractivity contribution is 5.96. The molecule has 4 rings (SSSR count). The number of benzene rings is 2. The lowest BCUT2D eigenvalue weighted by Gasteiger charge is -2.29. The Morgan fingerprint density at radius 1 is 1.09 bits per heavy atom. The lowest BCUT2D eigenvalue weighted by atomic mass is 9.99. The highest BCUT2D eigenvalue weighted by Crippen LogP contribution is 2.25. The lowest BCUT2D eigenvalue weighted by molar-refractivity contribution is 0.0546. The number of primary amides is 1. The van der Waals surface area contributed by atoms with E-state index in [0.29, 0.717) is 48.7 Å². The molecule has 1 saturated heterocycles. The van der Waals surface area contributed by atoms with E-state index >= 15 is 0 Å². The minimum absolute atomic E-state index is 0.0356. The highest BCUT2D eigenvalue weighted by atomic mass is 16.3. The van der Waals surface area contributed by atoms with Crippen LogP contribution in [0.3, 0.4) is 0 Å². The SMILES string of the molecule is Cc1c(C(N)=O)cccc1-c1ccnc(Nc2ccc(C(=O)N3CCC(O)CC3)cc2)n1. The van der Waals surface area contributed by atoms with Crippen LogP contribution in [0.15, 0.2) is 54.7 Å². The van der Waals surface area contributed by atoms with E-state index in [1.54, 1.807) is 53.6 Å². The first kappa shape index (κ1) is 21.5. The summed E-state index contributed by atoms with van der Waals surface area (Å²) >= 11 is 0. The van der Waals surface area contributed by atoms with Gasteiger partial charge in [-0.15, -0.1) is 0 Å². The minimum Gasteiger partial charge on any atom is -0.393 e. The highest BCUT2D eigenvalue weighted by Gasteiger charge is 2.22. The second kappa shape index (κ2) is 9.15. The van der Waals surface area contributed by atoms with Gasteiger partial charge >= 0.3 is 0 Å². The van der Waals surface area contributed by atoms with Crippen LogP contribution in [0.25, 0.3) is 11.3 Å². The number of anilines is 2. The first-order valence-electron chi connectivity index (χ1n) is 10.5. The van der Waals surface area contributed by atoms with Crippen molar-refractivity contribution in [3.8, 4) is 11.3 Å². The molecule has 8 nitrogen and oxygen atoms in total. The van der Waals surface area contributed by atoms with Crippen LogP contribution in [0.5, 0.6) is 0 Å². The van der Waals surface area contributed by atoms with E-state index in [9.17, 15) is 14.7 Å². The number of nitrogens with one attached hydrogen (secondary N) is 1. The fraction of sp³-hybridized carbons (Fsp3) is 0.250. The minimum atomic E-state index is -0.480. The summed E-state index contributed by atoms with van der Waals surface area (Å²) in [7, 11) is 0. The number of hydrogen-bond donors (Lipinski definition) is 3. The maximum absolute atomic E-state index is 12.7. The molecule has 0 aliphatic carbocycles. The second-order valence-corrected chi connectivity index (χ2v) is 7.83. The first-order chi connectivity index (χ1) is 15.4. The predicted octanol–water partition coefficient (Wildman–Crippen LogP) is 2.89. The molecule has 1 fully saturated rings. The molecular weight excluding hydrogens is 406 g/mol. The molecule has 0 atom stereocenters. The van der Waals surface area contributed by atoms with Crippen molar-refractivity contribution in [2.75, 3.05) is 18.4 Å². The van der Waals surface area contributed by atoms with E-state index in [1.165, 1.54) is 0 Å². The summed E-state index contributed by atoms with van der Waals surface area (Å²) in [4.78, 5) is 34.9. The van der Waals surface area contributed by atoms with Crippen LogP contribution in [0, 0.1) is 6.92 Å². The lowest BCUT2D eigenvalue weighted by Crippen LogP contribution is -2.40. The topological polar surface area (TPSA) is 121 Å². The molecule has 2 aromatic carbocycles. The van der Waals surface area contributed by atoms with E-state index in [0.717, 1.165) is 16.8 Å². The van der Waals surface area contributed by atoms with Gasteiger partial charge in [0.2, 0.25) is 11.9 Å². The maximum atomic E-state index is 12.7. The standard InChI is InChI=1S/C24H25N5O3/c1-15-19(3-2-4-20(15)22(25)31)21-9-12-26-24(28-21)27-17-7-5-16(6-8-17)23(32)29-13-10-18(30)11-14-29/h2-9,12,18,30H,10-11,13-14H2,1H3,(H2,25,31)(H,26,27,28). The van der Waals surface area contributed by atoms with E-state index in [4.69, 9.17) is 5.73 Å². The van der Waals surface area contributed by atoms with Crippen molar-refractivity contribution in [2.24, 2.45) is 5.73 Å². The number of aromatic nitrogens is 2. The molecular formula is C24H25N5O3. The molecule has 1 aliphatic rings. The van der Waals surface area contributed by atoms with Crippen LogP contribution in [0.1, 0.15) is 39.1 Å². The third-order valence-corrected chi connectivity index (χ3v) is 5.67. The zero-order valence-electron chi connectivity index (χ0n) is 17.8. The summed E-state index contributed by atoms with van der Waals surface area (Å²) < 4.78 is 0. The van der Waals surface area contributed by atoms with Gasteiger partial charge in [-0.1, -0.05) is 12.1 Å². The Balaban J connectivity index is 1.49.